The van der Waals surface area contributed by atoms with Crippen LogP contribution in [0.2, 0.25) is 0 Å². The number of furan rings is 1. The molecule has 1 unspecified atom stereocenters. The van der Waals surface area contributed by atoms with Crippen molar-refractivity contribution in [2.45, 2.75) is 25.8 Å². The normalized spacial score (nSPS) is 12.9. The molecule has 0 radical (unpaired) electrons. The molecule has 3 heteroatoms. The number of fused-ring (bicyclic) bond motifs is 1. The Morgan fingerprint density at radius 3 is 2.68 bits per heavy atom. The van der Waals surface area contributed by atoms with Crippen molar-refractivity contribution < 1.29 is 4.42 Å². The molecule has 98 valence electrons. The Kier molecular flexibility index (Phi) is 3.40. The molecule has 3 rings (SSSR count). The molecule has 0 fully saturated rings. The highest BCUT2D eigenvalue weighted by molar-refractivity contribution is 7.11. The van der Waals surface area contributed by atoms with Crippen molar-refractivity contribution in [1.29, 1.82) is 0 Å². The molecule has 0 bridgehead atoms. The van der Waals surface area contributed by atoms with Crippen LogP contribution < -0.4 is 5.73 Å². The van der Waals surface area contributed by atoms with E-state index in [1.54, 1.807) is 0 Å². The van der Waals surface area contributed by atoms with Crippen molar-refractivity contribution >= 4 is 22.3 Å². The number of nitrogens with two attached hydrogens (primary N) is 1. The predicted octanol–water partition coefficient (Wildman–Crippen LogP) is 4.30. The second-order valence-electron chi connectivity index (χ2n) is 4.72. The lowest BCUT2D eigenvalue weighted by Gasteiger charge is -2.06. The van der Waals surface area contributed by atoms with Gasteiger partial charge < -0.3 is 10.2 Å². The van der Waals surface area contributed by atoms with E-state index in [1.807, 2.05) is 35.6 Å². The molecular formula is C16H17NOS. The summed E-state index contributed by atoms with van der Waals surface area (Å²) in [6.07, 6.45) is 1.93. The van der Waals surface area contributed by atoms with E-state index in [-0.39, 0.29) is 6.04 Å². The molecule has 0 saturated heterocycles. The third kappa shape index (κ3) is 2.57. The van der Waals surface area contributed by atoms with E-state index in [1.165, 1.54) is 9.75 Å². The van der Waals surface area contributed by atoms with Gasteiger partial charge in [-0.2, -0.15) is 0 Å². The number of hydrogen-bond acceptors (Lipinski definition) is 3. The van der Waals surface area contributed by atoms with Gasteiger partial charge in [-0.1, -0.05) is 25.1 Å². The van der Waals surface area contributed by atoms with Crippen LogP contribution in [-0.2, 0) is 12.8 Å². The van der Waals surface area contributed by atoms with Gasteiger partial charge in [0.1, 0.15) is 11.3 Å². The highest BCUT2D eigenvalue weighted by atomic mass is 32.1. The summed E-state index contributed by atoms with van der Waals surface area (Å²) in [6, 6.07) is 14.4. The van der Waals surface area contributed by atoms with Crippen molar-refractivity contribution in [3.05, 3.63) is 58.0 Å². The van der Waals surface area contributed by atoms with Crippen LogP contribution in [0, 0.1) is 0 Å². The predicted molar refractivity (Wildman–Crippen MR) is 80.5 cm³/mol. The van der Waals surface area contributed by atoms with Gasteiger partial charge in [0.2, 0.25) is 0 Å². The fourth-order valence-electron chi connectivity index (χ4n) is 2.22. The van der Waals surface area contributed by atoms with Crippen molar-refractivity contribution in [2.75, 3.05) is 0 Å². The Bertz CT molecular complexity index is 650. The number of thiophene rings is 1. The third-order valence-electron chi connectivity index (χ3n) is 3.30. The first-order chi connectivity index (χ1) is 9.26. The fraction of sp³-hybridized carbons (Fsp3) is 0.250. The van der Waals surface area contributed by atoms with Crippen LogP contribution in [0.4, 0.5) is 0 Å². The molecule has 2 aromatic heterocycles. The monoisotopic (exact) mass is 271 g/mol. The van der Waals surface area contributed by atoms with Crippen molar-refractivity contribution in [3.8, 4) is 0 Å². The summed E-state index contributed by atoms with van der Waals surface area (Å²) in [5.74, 6) is 0.868. The van der Waals surface area contributed by atoms with Gasteiger partial charge in [-0.05, 0) is 30.7 Å². The van der Waals surface area contributed by atoms with Crippen molar-refractivity contribution in [3.63, 3.8) is 0 Å². The standard InChI is InChI=1S/C16H17NOS/c1-2-12-7-8-13(19-12)10-14(17)16-9-11-5-3-4-6-15(11)18-16/h3-9,14H,2,10,17H2,1H3. The lowest BCUT2D eigenvalue weighted by molar-refractivity contribution is 0.495. The first kappa shape index (κ1) is 12.5. The molecule has 2 nitrogen and oxygen atoms in total. The smallest absolute Gasteiger partial charge is 0.134 e. The zero-order valence-electron chi connectivity index (χ0n) is 10.9. The zero-order valence-corrected chi connectivity index (χ0v) is 11.7. The van der Waals surface area contributed by atoms with Gasteiger partial charge in [0.05, 0.1) is 6.04 Å². The largest absolute Gasteiger partial charge is 0.459 e. The van der Waals surface area contributed by atoms with Gasteiger partial charge in [-0.3, -0.25) is 0 Å². The number of rotatable bonds is 4. The van der Waals surface area contributed by atoms with E-state index in [4.69, 9.17) is 10.2 Å². The Hall–Kier alpha value is -1.58. The van der Waals surface area contributed by atoms with Gasteiger partial charge in [0, 0.05) is 21.6 Å². The van der Waals surface area contributed by atoms with Crippen LogP contribution in [0.3, 0.4) is 0 Å². The van der Waals surface area contributed by atoms with Crippen LogP contribution in [0.15, 0.2) is 46.9 Å². The summed E-state index contributed by atoms with van der Waals surface area (Å²) in [5.41, 5.74) is 7.17. The maximum absolute atomic E-state index is 6.25. The van der Waals surface area contributed by atoms with Crippen LogP contribution >= 0.6 is 11.3 Å². The number of benzene rings is 1. The van der Waals surface area contributed by atoms with E-state index in [0.29, 0.717) is 0 Å². The second-order valence-corrected chi connectivity index (χ2v) is 5.97. The summed E-state index contributed by atoms with van der Waals surface area (Å²) in [5, 5.41) is 1.12. The third-order valence-corrected chi connectivity index (χ3v) is 4.55. The molecule has 0 spiro atoms. The highest BCUT2D eigenvalue weighted by Gasteiger charge is 2.13. The highest BCUT2D eigenvalue weighted by Crippen LogP contribution is 2.27. The van der Waals surface area contributed by atoms with Crippen LogP contribution in [0.1, 0.15) is 28.5 Å². The summed E-state index contributed by atoms with van der Waals surface area (Å²) < 4.78 is 5.81. The van der Waals surface area contributed by atoms with Crippen LogP contribution in [-0.4, -0.2) is 0 Å². The summed E-state index contributed by atoms with van der Waals surface area (Å²) in [6.45, 7) is 2.18. The number of aryl methyl sites for hydroxylation is 1. The van der Waals surface area contributed by atoms with E-state index < -0.39 is 0 Å². The average Bonchev–Trinajstić information content (AvgIpc) is 3.04. The van der Waals surface area contributed by atoms with Gasteiger partial charge in [-0.15, -0.1) is 11.3 Å². The lowest BCUT2D eigenvalue weighted by Crippen LogP contribution is -2.11. The minimum absolute atomic E-state index is 0.0734. The van der Waals surface area contributed by atoms with Crippen LogP contribution in [0.5, 0.6) is 0 Å². The molecule has 2 heterocycles. The quantitative estimate of drug-likeness (QED) is 0.768. The molecule has 0 aliphatic rings. The van der Waals surface area contributed by atoms with Gasteiger partial charge in [0.25, 0.3) is 0 Å². The second kappa shape index (κ2) is 5.19. The van der Waals surface area contributed by atoms with Gasteiger partial charge in [-0.25, -0.2) is 0 Å². The zero-order chi connectivity index (χ0) is 13.2. The minimum atomic E-state index is -0.0734. The average molecular weight is 271 g/mol. The topological polar surface area (TPSA) is 39.2 Å². The Morgan fingerprint density at radius 1 is 1.16 bits per heavy atom. The minimum Gasteiger partial charge on any atom is -0.459 e. The fourth-order valence-corrected chi connectivity index (χ4v) is 3.24. The molecule has 2 N–H and O–H groups in total. The molecular weight excluding hydrogens is 254 g/mol. The molecule has 0 amide bonds. The maximum Gasteiger partial charge on any atom is 0.134 e. The van der Waals surface area contributed by atoms with E-state index in [2.05, 4.69) is 25.1 Å². The van der Waals surface area contributed by atoms with E-state index in [9.17, 15) is 0 Å². The number of hydrogen-bond donors (Lipinski definition) is 1. The Labute approximate surface area is 116 Å². The Morgan fingerprint density at radius 2 is 1.95 bits per heavy atom. The van der Waals surface area contributed by atoms with Crippen molar-refractivity contribution in [1.82, 2.24) is 0 Å². The molecule has 1 atom stereocenters. The van der Waals surface area contributed by atoms with E-state index >= 15 is 0 Å². The van der Waals surface area contributed by atoms with Gasteiger partial charge >= 0.3 is 0 Å². The molecule has 19 heavy (non-hydrogen) atoms. The summed E-state index contributed by atoms with van der Waals surface area (Å²) in [4.78, 5) is 2.73. The SMILES string of the molecule is CCc1ccc(CC(N)c2cc3ccccc3o2)s1. The van der Waals surface area contributed by atoms with E-state index in [0.717, 1.165) is 29.6 Å². The molecule has 0 aliphatic heterocycles. The lowest BCUT2D eigenvalue weighted by atomic mass is 10.1. The van der Waals surface area contributed by atoms with Gasteiger partial charge in [0.15, 0.2) is 0 Å². The summed E-state index contributed by atoms with van der Waals surface area (Å²) in [7, 11) is 0. The molecule has 0 aliphatic carbocycles. The maximum atomic E-state index is 6.25. The number of para-hydroxylation sites is 1. The molecule has 0 saturated carbocycles. The summed E-state index contributed by atoms with van der Waals surface area (Å²) >= 11 is 1.84. The molecule has 1 aromatic carbocycles. The van der Waals surface area contributed by atoms with Crippen LogP contribution in [0.25, 0.3) is 11.0 Å². The first-order valence-electron chi connectivity index (χ1n) is 6.58. The Balaban J connectivity index is 1.81. The molecule has 3 aromatic rings. The van der Waals surface area contributed by atoms with Crippen molar-refractivity contribution in [2.24, 2.45) is 5.73 Å². The first-order valence-corrected chi connectivity index (χ1v) is 7.39.